The number of imidazole rings is 1. The molecule has 0 radical (unpaired) electrons. The molecule has 1 N–H and O–H groups in total. The van der Waals surface area contributed by atoms with Crippen molar-refractivity contribution in [3.05, 3.63) is 54.1 Å². The van der Waals surface area contributed by atoms with Crippen molar-refractivity contribution >= 4 is 29.3 Å². The summed E-state index contributed by atoms with van der Waals surface area (Å²) < 4.78 is 35.8. The lowest BCUT2D eigenvalue weighted by atomic mass is 10.2. The number of halogens is 1. The third-order valence-electron chi connectivity index (χ3n) is 4.49. The number of hydrogen-bond acceptors (Lipinski definition) is 8. The van der Waals surface area contributed by atoms with E-state index < -0.39 is 24.3 Å². The summed E-state index contributed by atoms with van der Waals surface area (Å²) in [5.74, 6) is -0.642. The number of amides is 1. The number of nitrogens with one attached hydrogen (secondary N) is 1. The number of esters is 1. The number of carbonyl (C=O) groups excluding carboxylic acids is 2. The molecule has 174 valence electrons. The Morgan fingerprint density at radius 1 is 1.06 bits per heavy atom. The molecule has 0 unspecified atom stereocenters. The molecule has 9 nitrogen and oxygen atoms in total. The van der Waals surface area contributed by atoms with Crippen LogP contribution in [0.15, 0.2) is 47.8 Å². The van der Waals surface area contributed by atoms with E-state index in [1.807, 2.05) is 0 Å². The average Bonchev–Trinajstić information content (AvgIpc) is 3.26. The standard InChI is InChI=1S/C22H22FN3O6S/c1-29-17-9-14(10-18(30-2)20(17)31-3)25-19(27)12-32-21(28)16-11-24-22(33-4)26(16)15-7-5-13(23)6-8-15/h5-11H,12H2,1-4H3,(H,25,27). The molecule has 0 atom stereocenters. The number of methoxy groups -OCH3 is 3. The highest BCUT2D eigenvalue weighted by atomic mass is 32.2. The number of aromatic nitrogens is 2. The van der Waals surface area contributed by atoms with Gasteiger partial charge in [-0.3, -0.25) is 9.36 Å². The number of thioether (sulfide) groups is 1. The number of nitrogens with zero attached hydrogens (tertiary/aromatic N) is 2. The van der Waals surface area contributed by atoms with Crippen LogP contribution in [-0.2, 0) is 9.53 Å². The van der Waals surface area contributed by atoms with Gasteiger partial charge in [-0.25, -0.2) is 14.2 Å². The van der Waals surface area contributed by atoms with Crippen molar-refractivity contribution in [1.82, 2.24) is 9.55 Å². The highest BCUT2D eigenvalue weighted by Gasteiger charge is 2.21. The summed E-state index contributed by atoms with van der Waals surface area (Å²) in [6.45, 7) is -0.543. The Morgan fingerprint density at radius 3 is 2.24 bits per heavy atom. The van der Waals surface area contributed by atoms with E-state index in [0.29, 0.717) is 33.8 Å². The summed E-state index contributed by atoms with van der Waals surface area (Å²) in [5, 5.41) is 3.13. The van der Waals surface area contributed by atoms with E-state index in [4.69, 9.17) is 18.9 Å². The highest BCUT2D eigenvalue weighted by molar-refractivity contribution is 7.98. The highest BCUT2D eigenvalue weighted by Crippen LogP contribution is 2.39. The predicted octanol–water partition coefficient (Wildman–Crippen LogP) is 3.55. The van der Waals surface area contributed by atoms with E-state index >= 15 is 0 Å². The minimum absolute atomic E-state index is 0.103. The minimum atomic E-state index is -0.757. The van der Waals surface area contributed by atoms with Gasteiger partial charge in [-0.1, -0.05) is 11.8 Å². The normalized spacial score (nSPS) is 10.5. The second kappa shape index (κ2) is 10.7. The van der Waals surface area contributed by atoms with Crippen LogP contribution in [0.25, 0.3) is 5.69 Å². The number of benzene rings is 2. The van der Waals surface area contributed by atoms with Crippen LogP contribution >= 0.6 is 11.8 Å². The maximum Gasteiger partial charge on any atom is 0.357 e. The smallest absolute Gasteiger partial charge is 0.357 e. The Kier molecular flexibility index (Phi) is 7.78. The molecule has 0 saturated carbocycles. The molecule has 0 saturated heterocycles. The molecule has 0 spiro atoms. The van der Waals surface area contributed by atoms with Crippen molar-refractivity contribution in [2.75, 3.05) is 39.5 Å². The van der Waals surface area contributed by atoms with Crippen LogP contribution in [0.4, 0.5) is 10.1 Å². The maximum atomic E-state index is 13.3. The van der Waals surface area contributed by atoms with Gasteiger partial charge in [-0.2, -0.15) is 0 Å². The lowest BCUT2D eigenvalue weighted by Crippen LogP contribution is -2.22. The molecule has 0 aliphatic heterocycles. The first-order valence-electron chi connectivity index (χ1n) is 9.56. The van der Waals surface area contributed by atoms with Gasteiger partial charge in [-0.15, -0.1) is 0 Å². The van der Waals surface area contributed by atoms with E-state index in [9.17, 15) is 14.0 Å². The van der Waals surface area contributed by atoms with Gasteiger partial charge in [0.15, 0.2) is 29.0 Å². The van der Waals surface area contributed by atoms with Crippen LogP contribution in [-0.4, -0.2) is 55.6 Å². The molecule has 0 aliphatic rings. The van der Waals surface area contributed by atoms with E-state index in [1.165, 1.54) is 68.1 Å². The van der Waals surface area contributed by atoms with Crippen molar-refractivity contribution in [3.63, 3.8) is 0 Å². The van der Waals surface area contributed by atoms with E-state index in [0.717, 1.165) is 0 Å². The fourth-order valence-corrected chi connectivity index (χ4v) is 3.56. The Bertz CT molecular complexity index is 1120. The van der Waals surface area contributed by atoms with Gasteiger partial charge in [0.1, 0.15) is 5.82 Å². The number of ether oxygens (including phenoxy) is 4. The zero-order valence-electron chi connectivity index (χ0n) is 18.4. The van der Waals surface area contributed by atoms with Gasteiger partial charge in [0.25, 0.3) is 5.91 Å². The van der Waals surface area contributed by atoms with Crippen LogP contribution in [0, 0.1) is 5.82 Å². The van der Waals surface area contributed by atoms with Crippen LogP contribution in [0.5, 0.6) is 17.2 Å². The number of carbonyl (C=O) groups is 2. The van der Waals surface area contributed by atoms with Crippen LogP contribution in [0.1, 0.15) is 10.5 Å². The van der Waals surface area contributed by atoms with Crippen molar-refractivity contribution < 1.29 is 32.9 Å². The monoisotopic (exact) mass is 475 g/mol. The molecule has 0 fully saturated rings. The molecule has 11 heteroatoms. The number of hydrogen-bond donors (Lipinski definition) is 1. The van der Waals surface area contributed by atoms with E-state index in [-0.39, 0.29) is 5.69 Å². The summed E-state index contributed by atoms with van der Waals surface area (Å²) in [6.07, 6.45) is 3.14. The lowest BCUT2D eigenvalue weighted by Gasteiger charge is -2.15. The maximum absolute atomic E-state index is 13.3. The van der Waals surface area contributed by atoms with Crippen molar-refractivity contribution in [1.29, 1.82) is 0 Å². The number of rotatable bonds is 9. The van der Waals surface area contributed by atoms with Crippen LogP contribution < -0.4 is 19.5 Å². The zero-order valence-corrected chi connectivity index (χ0v) is 19.2. The first kappa shape index (κ1) is 23.9. The SMILES string of the molecule is COc1cc(NC(=O)COC(=O)c2cnc(SC)n2-c2ccc(F)cc2)cc(OC)c1OC. The quantitative estimate of drug-likeness (QED) is 0.370. The Labute approximate surface area is 193 Å². The summed E-state index contributed by atoms with van der Waals surface area (Å²) >= 11 is 1.31. The molecule has 3 aromatic rings. The molecule has 2 aromatic carbocycles. The first-order chi connectivity index (χ1) is 15.9. The Balaban J connectivity index is 1.72. The molecule has 1 aromatic heterocycles. The number of anilines is 1. The third-order valence-corrected chi connectivity index (χ3v) is 5.14. The summed E-state index contributed by atoms with van der Waals surface area (Å²) in [4.78, 5) is 29.3. The van der Waals surface area contributed by atoms with Gasteiger partial charge in [0, 0.05) is 23.5 Å². The lowest BCUT2D eigenvalue weighted by molar-refractivity contribution is -0.119. The van der Waals surface area contributed by atoms with Crippen molar-refractivity contribution in [3.8, 4) is 22.9 Å². The molecule has 3 rings (SSSR count). The van der Waals surface area contributed by atoms with Gasteiger partial charge in [0.05, 0.1) is 27.5 Å². The van der Waals surface area contributed by atoms with E-state index in [2.05, 4.69) is 10.3 Å². The average molecular weight is 475 g/mol. The molecular weight excluding hydrogens is 453 g/mol. The van der Waals surface area contributed by atoms with Gasteiger partial charge < -0.3 is 24.3 Å². The summed E-state index contributed by atoms with van der Waals surface area (Å²) in [5.41, 5.74) is 1.00. The van der Waals surface area contributed by atoms with Gasteiger partial charge in [-0.05, 0) is 30.5 Å². The largest absolute Gasteiger partial charge is 0.493 e. The Hall–Kier alpha value is -3.73. The molecule has 0 bridgehead atoms. The zero-order chi connectivity index (χ0) is 24.0. The fraction of sp³-hybridized carbons (Fsp3) is 0.227. The second-order valence-corrected chi connectivity index (χ2v) is 7.25. The van der Waals surface area contributed by atoms with Crippen LogP contribution in [0.3, 0.4) is 0 Å². The molecular formula is C22H22FN3O6S. The fourth-order valence-electron chi connectivity index (χ4n) is 3.02. The van der Waals surface area contributed by atoms with E-state index in [1.54, 1.807) is 18.4 Å². The topological polar surface area (TPSA) is 101 Å². The predicted molar refractivity (Wildman–Crippen MR) is 120 cm³/mol. The second-order valence-electron chi connectivity index (χ2n) is 6.48. The van der Waals surface area contributed by atoms with Gasteiger partial charge >= 0.3 is 5.97 Å². The van der Waals surface area contributed by atoms with Gasteiger partial charge in [0.2, 0.25) is 5.75 Å². The summed E-state index contributed by atoms with van der Waals surface area (Å²) in [7, 11) is 4.38. The first-order valence-corrected chi connectivity index (χ1v) is 10.8. The van der Waals surface area contributed by atoms with Crippen LogP contribution in [0.2, 0.25) is 0 Å². The molecule has 1 amide bonds. The molecule has 0 aliphatic carbocycles. The summed E-state index contributed by atoms with van der Waals surface area (Å²) in [6, 6.07) is 8.69. The minimum Gasteiger partial charge on any atom is -0.493 e. The molecule has 33 heavy (non-hydrogen) atoms. The van der Waals surface area contributed by atoms with Crippen molar-refractivity contribution in [2.24, 2.45) is 0 Å². The molecule has 1 heterocycles. The Morgan fingerprint density at radius 2 is 1.70 bits per heavy atom. The van der Waals surface area contributed by atoms with Crippen molar-refractivity contribution in [2.45, 2.75) is 5.16 Å². The third kappa shape index (κ3) is 5.37.